The lowest BCUT2D eigenvalue weighted by molar-refractivity contribution is -0.115. The highest BCUT2D eigenvalue weighted by atomic mass is 32.2. The van der Waals surface area contributed by atoms with Gasteiger partial charge in [-0.05, 0) is 50.2 Å². The molecule has 0 aliphatic heterocycles. The lowest BCUT2D eigenvalue weighted by Gasteiger charge is -2.22. The number of rotatable bonds is 5. The minimum Gasteiger partial charge on any atom is -0.360 e. The van der Waals surface area contributed by atoms with Crippen LogP contribution in [0.5, 0.6) is 0 Å². The van der Waals surface area contributed by atoms with Crippen LogP contribution >= 0.6 is 11.8 Å². The molecule has 1 aliphatic carbocycles. The van der Waals surface area contributed by atoms with Gasteiger partial charge in [-0.1, -0.05) is 30.8 Å². The molecular formula is C19H22N4O2S. The van der Waals surface area contributed by atoms with Gasteiger partial charge in [0.25, 0.3) is 0 Å². The van der Waals surface area contributed by atoms with Gasteiger partial charge >= 0.3 is 0 Å². The maximum Gasteiger partial charge on any atom is 0.239 e. The van der Waals surface area contributed by atoms with Crippen molar-refractivity contribution in [1.82, 2.24) is 10.1 Å². The second-order valence-corrected chi connectivity index (χ2v) is 7.92. The Hall–Kier alpha value is -2.33. The topological polar surface area (TPSA) is 91.8 Å². The van der Waals surface area contributed by atoms with Crippen molar-refractivity contribution >= 4 is 23.5 Å². The Kier molecular flexibility index (Phi) is 5.62. The minimum atomic E-state index is -0.354. The summed E-state index contributed by atoms with van der Waals surface area (Å²) in [6, 6.07) is 5.86. The highest BCUT2D eigenvalue weighted by Gasteiger charge is 2.24. The molecule has 7 heteroatoms. The fourth-order valence-electron chi connectivity index (χ4n) is 3.09. The van der Waals surface area contributed by atoms with Gasteiger partial charge in [0.2, 0.25) is 5.91 Å². The second kappa shape index (κ2) is 7.92. The normalized spacial score (nSPS) is 17.2. The Balaban J connectivity index is 1.79. The lowest BCUT2D eigenvalue weighted by atomic mass is 9.87. The van der Waals surface area contributed by atoms with Crippen molar-refractivity contribution < 1.29 is 9.32 Å². The summed E-state index contributed by atoms with van der Waals surface area (Å²) in [5.41, 5.74) is 2.78. The zero-order chi connectivity index (χ0) is 18.7. The van der Waals surface area contributed by atoms with E-state index in [0.717, 1.165) is 25.0 Å². The average molecular weight is 370 g/mol. The minimum absolute atomic E-state index is 0.164. The molecule has 2 unspecified atom stereocenters. The zero-order valence-electron chi connectivity index (χ0n) is 15.2. The van der Waals surface area contributed by atoms with Gasteiger partial charge in [0, 0.05) is 11.8 Å². The zero-order valence-corrected chi connectivity index (χ0v) is 16.0. The molecule has 2 atom stereocenters. The highest BCUT2D eigenvalue weighted by Crippen LogP contribution is 2.32. The standard InChI is InChI=1S/C19H22N4O2S/c1-4-16(18(24)22-17-8-12(3)25-23-17)26-19-14(10-20)9-13-7-11(2)5-6-15(13)21-19/h8-9,11,16H,4-7H2,1-3H3,(H,22,23,24). The number of pyridine rings is 1. The van der Waals surface area contributed by atoms with Crippen LogP contribution < -0.4 is 5.32 Å². The van der Waals surface area contributed by atoms with E-state index in [-0.39, 0.29) is 11.2 Å². The number of nitrogens with one attached hydrogen (secondary N) is 1. The number of carbonyl (C=O) groups excluding carboxylic acids is 1. The molecule has 2 aromatic rings. The molecule has 1 amide bonds. The van der Waals surface area contributed by atoms with Crippen LogP contribution in [-0.2, 0) is 17.6 Å². The third kappa shape index (κ3) is 4.07. The fourth-order valence-corrected chi connectivity index (χ4v) is 4.08. The first-order valence-electron chi connectivity index (χ1n) is 8.83. The van der Waals surface area contributed by atoms with Gasteiger partial charge in [0.05, 0.1) is 10.8 Å². The van der Waals surface area contributed by atoms with Gasteiger partial charge in [-0.2, -0.15) is 5.26 Å². The van der Waals surface area contributed by atoms with E-state index in [9.17, 15) is 10.1 Å². The number of aryl methyl sites for hydroxylation is 2. The molecule has 3 rings (SSSR count). The number of anilines is 1. The van der Waals surface area contributed by atoms with Crippen molar-refractivity contribution in [2.75, 3.05) is 5.32 Å². The molecule has 0 radical (unpaired) electrons. The summed E-state index contributed by atoms with van der Waals surface area (Å²) < 4.78 is 4.98. The first kappa shape index (κ1) is 18.5. The van der Waals surface area contributed by atoms with Crippen LogP contribution in [0.4, 0.5) is 5.82 Å². The Bertz CT molecular complexity index is 856. The van der Waals surface area contributed by atoms with E-state index in [0.29, 0.717) is 34.5 Å². The smallest absolute Gasteiger partial charge is 0.239 e. The number of hydrogen-bond donors (Lipinski definition) is 1. The van der Waals surface area contributed by atoms with Crippen molar-refractivity contribution in [3.8, 4) is 6.07 Å². The van der Waals surface area contributed by atoms with Crippen molar-refractivity contribution in [3.05, 3.63) is 34.7 Å². The van der Waals surface area contributed by atoms with Crippen LogP contribution in [0.25, 0.3) is 0 Å². The quantitative estimate of drug-likeness (QED) is 0.803. The third-order valence-electron chi connectivity index (χ3n) is 4.52. The van der Waals surface area contributed by atoms with Crippen LogP contribution in [0.15, 0.2) is 21.7 Å². The first-order valence-corrected chi connectivity index (χ1v) is 9.71. The first-order chi connectivity index (χ1) is 12.5. The van der Waals surface area contributed by atoms with Gasteiger partial charge in [0.15, 0.2) is 5.82 Å². The number of nitrogens with zero attached hydrogens (tertiary/aromatic N) is 3. The van der Waals surface area contributed by atoms with E-state index in [4.69, 9.17) is 9.51 Å². The van der Waals surface area contributed by atoms with Crippen molar-refractivity contribution in [2.45, 2.75) is 56.7 Å². The number of hydrogen-bond acceptors (Lipinski definition) is 6. The number of carbonyl (C=O) groups is 1. The van der Waals surface area contributed by atoms with Gasteiger partial charge in [-0.25, -0.2) is 4.98 Å². The molecule has 0 aromatic carbocycles. The van der Waals surface area contributed by atoms with E-state index in [1.807, 2.05) is 13.0 Å². The molecule has 2 heterocycles. The molecule has 0 fully saturated rings. The Labute approximate surface area is 157 Å². The summed E-state index contributed by atoms with van der Waals surface area (Å²) in [7, 11) is 0. The summed E-state index contributed by atoms with van der Waals surface area (Å²) in [6.45, 7) is 5.93. The van der Waals surface area contributed by atoms with E-state index in [2.05, 4.69) is 23.5 Å². The molecule has 6 nitrogen and oxygen atoms in total. The number of amides is 1. The van der Waals surface area contributed by atoms with Crippen molar-refractivity contribution in [3.63, 3.8) is 0 Å². The SMILES string of the molecule is CCC(Sc1nc2c(cc1C#N)CC(C)CC2)C(=O)Nc1cc(C)on1. The van der Waals surface area contributed by atoms with Gasteiger partial charge in [-0.3, -0.25) is 4.79 Å². The van der Waals surface area contributed by atoms with E-state index >= 15 is 0 Å². The third-order valence-corrected chi connectivity index (χ3v) is 5.88. The molecular weight excluding hydrogens is 348 g/mol. The van der Waals surface area contributed by atoms with Crippen molar-refractivity contribution in [2.24, 2.45) is 5.92 Å². The predicted octanol–water partition coefficient (Wildman–Crippen LogP) is 3.88. The lowest BCUT2D eigenvalue weighted by Crippen LogP contribution is -2.25. The second-order valence-electron chi connectivity index (χ2n) is 6.73. The number of aromatic nitrogens is 2. The maximum absolute atomic E-state index is 12.6. The monoisotopic (exact) mass is 370 g/mol. The molecule has 2 aromatic heterocycles. The summed E-state index contributed by atoms with van der Waals surface area (Å²) in [5, 5.41) is 16.4. The molecule has 1 aliphatic rings. The largest absolute Gasteiger partial charge is 0.360 e. The molecule has 0 saturated carbocycles. The van der Waals surface area contributed by atoms with Gasteiger partial charge in [0.1, 0.15) is 16.9 Å². The molecule has 0 spiro atoms. The van der Waals surface area contributed by atoms with Crippen LogP contribution in [0.3, 0.4) is 0 Å². The van der Waals surface area contributed by atoms with E-state index in [1.165, 1.54) is 17.3 Å². The van der Waals surface area contributed by atoms with Crippen LogP contribution in [0.2, 0.25) is 0 Å². The van der Waals surface area contributed by atoms with Crippen LogP contribution in [-0.4, -0.2) is 21.3 Å². The molecule has 0 saturated heterocycles. The van der Waals surface area contributed by atoms with E-state index < -0.39 is 0 Å². The number of fused-ring (bicyclic) bond motifs is 1. The molecule has 26 heavy (non-hydrogen) atoms. The number of thioether (sulfide) groups is 1. The summed E-state index contributed by atoms with van der Waals surface area (Å²) >= 11 is 1.34. The van der Waals surface area contributed by atoms with Crippen molar-refractivity contribution in [1.29, 1.82) is 5.26 Å². The highest BCUT2D eigenvalue weighted by molar-refractivity contribution is 8.00. The van der Waals surface area contributed by atoms with Gasteiger partial charge < -0.3 is 9.84 Å². The Morgan fingerprint density at radius 3 is 3.00 bits per heavy atom. The summed E-state index contributed by atoms with van der Waals surface area (Å²) in [5.74, 6) is 1.50. The summed E-state index contributed by atoms with van der Waals surface area (Å²) in [6.07, 6.45) is 3.62. The number of nitriles is 1. The average Bonchev–Trinajstić information content (AvgIpc) is 3.03. The van der Waals surface area contributed by atoms with Crippen LogP contribution in [0, 0.1) is 24.2 Å². The summed E-state index contributed by atoms with van der Waals surface area (Å²) in [4.78, 5) is 17.3. The Morgan fingerprint density at radius 1 is 1.54 bits per heavy atom. The van der Waals surface area contributed by atoms with Crippen LogP contribution in [0.1, 0.15) is 49.3 Å². The van der Waals surface area contributed by atoms with Gasteiger partial charge in [-0.15, -0.1) is 0 Å². The predicted molar refractivity (Wildman–Crippen MR) is 99.9 cm³/mol. The van der Waals surface area contributed by atoms with E-state index in [1.54, 1.807) is 13.0 Å². The maximum atomic E-state index is 12.6. The Morgan fingerprint density at radius 2 is 2.35 bits per heavy atom. The fraction of sp³-hybridized carbons (Fsp3) is 0.474. The molecule has 0 bridgehead atoms. The molecule has 136 valence electrons. The molecule has 1 N–H and O–H groups in total.